The van der Waals surface area contributed by atoms with Crippen molar-refractivity contribution in [3.05, 3.63) is 88.5 Å². The van der Waals surface area contributed by atoms with Crippen molar-refractivity contribution in [3.63, 3.8) is 0 Å². The summed E-state index contributed by atoms with van der Waals surface area (Å²) in [6.07, 6.45) is 3.35. The maximum atomic E-state index is 11.1. The predicted octanol–water partition coefficient (Wildman–Crippen LogP) is 5.89. The number of fused-ring (bicyclic) bond motifs is 2. The zero-order valence-electron chi connectivity index (χ0n) is 17.6. The molecule has 0 atom stereocenters. The second kappa shape index (κ2) is 8.19. The van der Waals surface area contributed by atoms with Crippen LogP contribution in [-0.2, 0) is 6.42 Å². The summed E-state index contributed by atoms with van der Waals surface area (Å²) in [5.41, 5.74) is 5.75. The van der Waals surface area contributed by atoms with E-state index < -0.39 is 4.92 Å². The Morgan fingerprint density at radius 2 is 1.56 bits per heavy atom. The first-order valence-electron chi connectivity index (χ1n) is 10.6. The number of aromatic nitrogens is 4. The second-order valence-electron chi connectivity index (χ2n) is 7.70. The third kappa shape index (κ3) is 3.58. The van der Waals surface area contributed by atoms with E-state index >= 15 is 0 Å². The average Bonchev–Trinajstić information content (AvgIpc) is 3.20. The summed E-state index contributed by atoms with van der Waals surface area (Å²) in [7, 11) is 0. The van der Waals surface area contributed by atoms with Crippen molar-refractivity contribution in [2.24, 2.45) is 0 Å². The molecule has 0 amide bonds. The molecule has 158 valence electrons. The van der Waals surface area contributed by atoms with E-state index in [0.29, 0.717) is 17.1 Å². The predicted molar refractivity (Wildman–Crippen MR) is 125 cm³/mol. The van der Waals surface area contributed by atoms with Crippen LogP contribution in [0.25, 0.3) is 39.4 Å². The minimum atomic E-state index is -0.405. The number of unbranched alkanes of at least 4 members (excludes halogenated alkanes) is 1. The number of hydrogen-bond acceptors (Lipinski definition) is 5. The highest BCUT2D eigenvalue weighted by atomic mass is 16.6. The Hall–Kier alpha value is -4.13. The lowest BCUT2D eigenvalue weighted by Gasteiger charge is -2.10. The monoisotopic (exact) mass is 423 g/mol. The van der Waals surface area contributed by atoms with E-state index in [1.165, 1.54) is 17.7 Å². The maximum absolute atomic E-state index is 11.1. The fourth-order valence-corrected chi connectivity index (χ4v) is 3.82. The molecule has 0 N–H and O–H groups in total. The van der Waals surface area contributed by atoms with Crippen LogP contribution in [0.4, 0.5) is 5.69 Å². The van der Waals surface area contributed by atoms with Gasteiger partial charge in [-0.15, -0.1) is 0 Å². The highest BCUT2D eigenvalue weighted by molar-refractivity contribution is 5.86. The fraction of sp³-hybridized carbons (Fsp3) is 0.160. The molecule has 5 aromatic rings. The molecule has 2 heterocycles. The molecule has 0 saturated carbocycles. The average molecular weight is 423 g/mol. The van der Waals surface area contributed by atoms with Crippen LogP contribution in [0, 0.1) is 10.1 Å². The number of imidazole rings is 1. The van der Waals surface area contributed by atoms with Gasteiger partial charge in [0.1, 0.15) is 5.82 Å². The van der Waals surface area contributed by atoms with E-state index in [0.717, 1.165) is 41.5 Å². The Morgan fingerprint density at radius 3 is 2.22 bits per heavy atom. The van der Waals surface area contributed by atoms with Crippen molar-refractivity contribution in [2.45, 2.75) is 26.2 Å². The number of non-ortho nitro benzene ring substituents is 1. The quantitative estimate of drug-likeness (QED) is 0.251. The molecule has 0 aliphatic carbocycles. The summed E-state index contributed by atoms with van der Waals surface area (Å²) >= 11 is 0. The van der Waals surface area contributed by atoms with Gasteiger partial charge in [0.25, 0.3) is 5.69 Å². The van der Waals surface area contributed by atoms with Gasteiger partial charge in [0.05, 0.1) is 16.0 Å². The first-order valence-corrected chi connectivity index (χ1v) is 10.6. The van der Waals surface area contributed by atoms with Crippen molar-refractivity contribution in [2.75, 3.05) is 0 Å². The van der Waals surface area contributed by atoms with Gasteiger partial charge in [-0.3, -0.25) is 14.7 Å². The fourth-order valence-electron chi connectivity index (χ4n) is 3.82. The second-order valence-corrected chi connectivity index (χ2v) is 7.70. The van der Waals surface area contributed by atoms with Crippen molar-refractivity contribution < 1.29 is 4.92 Å². The van der Waals surface area contributed by atoms with Crippen molar-refractivity contribution in [1.82, 2.24) is 19.5 Å². The Balaban J connectivity index is 1.71. The van der Waals surface area contributed by atoms with Gasteiger partial charge in [-0.25, -0.2) is 15.0 Å². The number of nitro groups is 1. The summed E-state index contributed by atoms with van der Waals surface area (Å²) in [5, 5.41) is 11.1. The molecule has 0 fully saturated rings. The number of rotatable bonds is 6. The molecule has 2 aromatic heterocycles. The van der Waals surface area contributed by atoms with Gasteiger partial charge in [0, 0.05) is 23.4 Å². The molecule has 7 heteroatoms. The largest absolute Gasteiger partial charge is 0.275 e. The van der Waals surface area contributed by atoms with Gasteiger partial charge in [-0.1, -0.05) is 37.6 Å². The summed E-state index contributed by atoms with van der Waals surface area (Å²) in [6, 6.07) is 22.5. The van der Waals surface area contributed by atoms with E-state index in [1.807, 2.05) is 28.8 Å². The standard InChI is InChI=1S/C25H21N5O2/c1-2-3-6-17-9-13-19(14-10-17)29-24(18-11-15-20(16-12-18)30(31)32)28-23-25(29)27-22-8-5-4-7-21(22)26-23/h4-5,7-16H,2-3,6H2,1H3. The minimum absolute atomic E-state index is 0.0404. The van der Waals surface area contributed by atoms with Crippen LogP contribution in [0.3, 0.4) is 0 Å². The maximum Gasteiger partial charge on any atom is 0.269 e. The molecule has 0 radical (unpaired) electrons. The third-order valence-corrected chi connectivity index (χ3v) is 5.52. The van der Waals surface area contributed by atoms with Crippen LogP contribution in [-0.4, -0.2) is 24.4 Å². The Morgan fingerprint density at radius 1 is 0.875 bits per heavy atom. The summed E-state index contributed by atoms with van der Waals surface area (Å²) in [5.74, 6) is 0.645. The van der Waals surface area contributed by atoms with Crippen LogP contribution in [0.1, 0.15) is 25.3 Å². The smallest absolute Gasteiger partial charge is 0.269 e. The number of nitro benzene ring substituents is 1. The Bertz CT molecular complexity index is 1420. The molecular weight excluding hydrogens is 402 g/mol. The molecule has 3 aromatic carbocycles. The Kier molecular flexibility index (Phi) is 5.07. The molecule has 0 bridgehead atoms. The minimum Gasteiger partial charge on any atom is -0.275 e. The van der Waals surface area contributed by atoms with Gasteiger partial charge in [-0.05, 0) is 54.8 Å². The Labute approximate surface area is 184 Å². The lowest BCUT2D eigenvalue weighted by Crippen LogP contribution is -2.00. The summed E-state index contributed by atoms with van der Waals surface area (Å²) < 4.78 is 1.97. The number of aryl methyl sites for hydroxylation is 1. The highest BCUT2D eigenvalue weighted by Gasteiger charge is 2.18. The third-order valence-electron chi connectivity index (χ3n) is 5.52. The molecule has 0 aliphatic heterocycles. The van der Waals surface area contributed by atoms with E-state index in [1.54, 1.807) is 12.1 Å². The van der Waals surface area contributed by atoms with E-state index in [4.69, 9.17) is 15.0 Å². The van der Waals surface area contributed by atoms with Crippen molar-refractivity contribution in [3.8, 4) is 17.1 Å². The molecule has 0 aliphatic rings. The van der Waals surface area contributed by atoms with E-state index in [2.05, 4.69) is 31.2 Å². The number of benzene rings is 3. The SMILES string of the molecule is CCCCc1ccc(-n2c(-c3ccc([N+](=O)[O-])cc3)nc3nc4ccccc4nc32)cc1. The number of nitrogens with zero attached hydrogens (tertiary/aromatic N) is 5. The first-order chi connectivity index (χ1) is 15.6. The van der Waals surface area contributed by atoms with Gasteiger partial charge < -0.3 is 0 Å². The van der Waals surface area contributed by atoms with Crippen molar-refractivity contribution >= 4 is 28.0 Å². The number of hydrogen-bond donors (Lipinski definition) is 0. The highest BCUT2D eigenvalue weighted by Crippen LogP contribution is 2.29. The molecule has 0 saturated heterocycles. The zero-order valence-corrected chi connectivity index (χ0v) is 17.6. The van der Waals surface area contributed by atoms with Crippen molar-refractivity contribution in [1.29, 1.82) is 0 Å². The van der Waals surface area contributed by atoms with E-state index in [-0.39, 0.29) is 5.69 Å². The lowest BCUT2D eigenvalue weighted by molar-refractivity contribution is -0.384. The molecule has 0 spiro atoms. The van der Waals surface area contributed by atoms with Crippen LogP contribution >= 0.6 is 0 Å². The van der Waals surface area contributed by atoms with Gasteiger partial charge in [-0.2, -0.15) is 0 Å². The van der Waals surface area contributed by atoms with Crippen LogP contribution in [0.15, 0.2) is 72.8 Å². The molecule has 32 heavy (non-hydrogen) atoms. The zero-order chi connectivity index (χ0) is 22.1. The molecule has 0 unspecified atom stereocenters. The van der Waals surface area contributed by atoms with Crippen LogP contribution < -0.4 is 0 Å². The lowest BCUT2D eigenvalue weighted by atomic mass is 10.1. The normalized spacial score (nSPS) is 11.3. The van der Waals surface area contributed by atoms with Crippen LogP contribution in [0.5, 0.6) is 0 Å². The molecule has 7 nitrogen and oxygen atoms in total. The summed E-state index contributed by atoms with van der Waals surface area (Å²) in [4.78, 5) is 25.0. The van der Waals surface area contributed by atoms with Gasteiger partial charge in [0.2, 0.25) is 0 Å². The molecular formula is C25H21N5O2. The first kappa shape index (κ1) is 19.8. The topological polar surface area (TPSA) is 86.7 Å². The summed E-state index contributed by atoms with van der Waals surface area (Å²) in [6.45, 7) is 2.19. The number of para-hydroxylation sites is 2. The van der Waals surface area contributed by atoms with E-state index in [9.17, 15) is 10.1 Å². The van der Waals surface area contributed by atoms with Crippen LogP contribution in [0.2, 0.25) is 0 Å². The molecule has 5 rings (SSSR count). The van der Waals surface area contributed by atoms with Gasteiger partial charge in [0.15, 0.2) is 11.3 Å². The van der Waals surface area contributed by atoms with Gasteiger partial charge >= 0.3 is 0 Å².